The molecule has 0 spiro atoms. The second kappa shape index (κ2) is 10.2. The minimum Gasteiger partial charge on any atom is -0.394 e. The Balaban J connectivity index is 0.00000126. The molecule has 1 heterocycles. The van der Waals surface area contributed by atoms with Crippen molar-refractivity contribution in [3.63, 3.8) is 0 Å². The summed E-state index contributed by atoms with van der Waals surface area (Å²) in [6.45, 7) is 5.95. The van der Waals surface area contributed by atoms with Crippen LogP contribution in [0.5, 0.6) is 0 Å². The van der Waals surface area contributed by atoms with Gasteiger partial charge in [0.15, 0.2) is 0 Å². The minimum atomic E-state index is -0.480. The van der Waals surface area contributed by atoms with Gasteiger partial charge < -0.3 is 14.9 Å². The molecule has 2 aromatic carbocycles. The number of nitriles is 1. The van der Waals surface area contributed by atoms with Crippen molar-refractivity contribution >= 4 is 0 Å². The Kier molecular flexibility index (Phi) is 7.99. The third-order valence-electron chi connectivity index (χ3n) is 4.72. The van der Waals surface area contributed by atoms with Gasteiger partial charge in [0.2, 0.25) is 0 Å². The molecule has 1 aliphatic heterocycles. The number of benzene rings is 2. The molecular weight excluding hydrogens is 338 g/mol. The summed E-state index contributed by atoms with van der Waals surface area (Å²) in [4.78, 5) is 0. The second-order valence-electron chi connectivity index (χ2n) is 6.75. The Morgan fingerprint density at radius 1 is 1.11 bits per heavy atom. The van der Waals surface area contributed by atoms with E-state index in [2.05, 4.69) is 37.3 Å². The van der Waals surface area contributed by atoms with Crippen LogP contribution in [-0.2, 0) is 11.2 Å². The first kappa shape index (κ1) is 21.1. The van der Waals surface area contributed by atoms with E-state index in [4.69, 9.17) is 4.74 Å². The Labute approximate surface area is 162 Å². The van der Waals surface area contributed by atoms with E-state index in [1.54, 1.807) is 0 Å². The zero-order valence-corrected chi connectivity index (χ0v) is 16.4. The average Bonchev–Trinajstić information content (AvgIpc) is 2.70. The van der Waals surface area contributed by atoms with Gasteiger partial charge in [-0.3, -0.25) is 0 Å². The number of hydrogen-bond donors (Lipinski definition) is 2. The molecule has 144 valence electrons. The lowest BCUT2D eigenvalue weighted by atomic mass is 9.92. The normalized spacial score (nSPS) is 21.7. The number of aliphatic hydroxyl groups is 2. The molecule has 1 aliphatic rings. The summed E-state index contributed by atoms with van der Waals surface area (Å²) >= 11 is 0. The maximum absolute atomic E-state index is 10.0. The summed E-state index contributed by atoms with van der Waals surface area (Å²) < 4.78 is 5.89. The van der Waals surface area contributed by atoms with E-state index < -0.39 is 6.10 Å². The average molecular weight is 367 g/mol. The summed E-state index contributed by atoms with van der Waals surface area (Å²) in [7, 11) is 0. The quantitative estimate of drug-likeness (QED) is 0.855. The van der Waals surface area contributed by atoms with E-state index in [0.717, 1.165) is 16.7 Å². The van der Waals surface area contributed by atoms with Crippen LogP contribution in [-0.4, -0.2) is 29.0 Å². The molecule has 0 radical (unpaired) electrons. The van der Waals surface area contributed by atoms with Crippen LogP contribution in [0.1, 0.15) is 60.6 Å². The minimum absolute atomic E-state index is 0.0972. The summed E-state index contributed by atoms with van der Waals surface area (Å²) in [5.41, 5.74) is 4.90. The zero-order valence-electron chi connectivity index (χ0n) is 16.4. The molecule has 0 aromatic heterocycles. The maximum Gasteiger partial charge on any atom is 0.0994 e. The van der Waals surface area contributed by atoms with Gasteiger partial charge in [-0.25, -0.2) is 0 Å². The van der Waals surface area contributed by atoms with Gasteiger partial charge in [0, 0.05) is 12.8 Å². The number of hydrogen-bond acceptors (Lipinski definition) is 4. The van der Waals surface area contributed by atoms with Crippen LogP contribution >= 0.6 is 0 Å². The number of nitrogens with zero attached hydrogens (tertiary/aromatic N) is 1. The summed E-state index contributed by atoms with van der Waals surface area (Å²) in [5.74, 6) is 0. The predicted molar refractivity (Wildman–Crippen MR) is 106 cm³/mol. The van der Waals surface area contributed by atoms with Crippen molar-refractivity contribution in [1.82, 2.24) is 0 Å². The van der Waals surface area contributed by atoms with Gasteiger partial charge >= 0.3 is 0 Å². The van der Waals surface area contributed by atoms with Crippen LogP contribution in [0.15, 0.2) is 42.5 Å². The lowest BCUT2D eigenvalue weighted by Gasteiger charge is -2.32. The molecule has 3 unspecified atom stereocenters. The summed E-state index contributed by atoms with van der Waals surface area (Å²) in [5, 5.41) is 28.8. The molecule has 1 fully saturated rings. The van der Waals surface area contributed by atoms with Crippen molar-refractivity contribution in [3.8, 4) is 6.07 Å². The maximum atomic E-state index is 10.0. The fourth-order valence-electron chi connectivity index (χ4n) is 3.32. The number of aryl methyl sites for hydroxylation is 1. The van der Waals surface area contributed by atoms with Gasteiger partial charge in [0.25, 0.3) is 0 Å². The van der Waals surface area contributed by atoms with E-state index in [0.29, 0.717) is 24.8 Å². The Morgan fingerprint density at radius 2 is 1.81 bits per heavy atom. The first-order chi connectivity index (χ1) is 13.1. The Morgan fingerprint density at radius 3 is 2.44 bits per heavy atom. The highest BCUT2D eigenvalue weighted by atomic mass is 16.5. The molecule has 2 aromatic rings. The molecule has 0 bridgehead atoms. The molecule has 1 saturated heterocycles. The van der Waals surface area contributed by atoms with Gasteiger partial charge in [-0.15, -0.1) is 0 Å². The molecule has 2 N–H and O–H groups in total. The SMILES string of the molecule is CC.Cc1ccc(Cc2cc(C3CC(O)CC(CO)O3)ccc2C#N)cc1. The standard InChI is InChI=1S/C21H23NO3.C2H6/c1-14-2-4-15(5-3-14)8-18-9-16(6-7-17(18)12-22)21-11-19(24)10-20(13-23)25-21;1-2/h2-7,9,19-21,23-24H,8,10-11,13H2,1H3;1-2H3. The smallest absolute Gasteiger partial charge is 0.0994 e. The predicted octanol–water partition coefficient (Wildman–Crippen LogP) is 4.06. The molecule has 27 heavy (non-hydrogen) atoms. The zero-order chi connectivity index (χ0) is 19.8. The number of rotatable bonds is 4. The lowest BCUT2D eigenvalue weighted by molar-refractivity contribution is -0.113. The second-order valence-corrected chi connectivity index (χ2v) is 6.75. The summed E-state index contributed by atoms with van der Waals surface area (Å²) in [6.07, 6.45) is 0.559. The first-order valence-corrected chi connectivity index (χ1v) is 9.62. The van der Waals surface area contributed by atoms with Crippen molar-refractivity contribution in [2.45, 2.75) is 58.3 Å². The van der Waals surface area contributed by atoms with Crippen LogP contribution in [0.2, 0.25) is 0 Å². The largest absolute Gasteiger partial charge is 0.394 e. The molecule has 0 amide bonds. The number of aliphatic hydroxyl groups excluding tert-OH is 2. The highest BCUT2D eigenvalue weighted by Crippen LogP contribution is 2.32. The third-order valence-corrected chi connectivity index (χ3v) is 4.72. The van der Waals surface area contributed by atoms with E-state index >= 15 is 0 Å². The van der Waals surface area contributed by atoms with Crippen LogP contribution in [0.3, 0.4) is 0 Å². The highest BCUT2D eigenvalue weighted by molar-refractivity contribution is 5.43. The molecule has 3 atom stereocenters. The van der Waals surface area contributed by atoms with E-state index in [1.807, 2.05) is 32.0 Å². The first-order valence-electron chi connectivity index (χ1n) is 9.62. The van der Waals surface area contributed by atoms with E-state index in [-0.39, 0.29) is 18.8 Å². The summed E-state index contributed by atoms with van der Waals surface area (Å²) in [6, 6.07) is 16.2. The van der Waals surface area contributed by atoms with Gasteiger partial charge in [-0.1, -0.05) is 55.8 Å². The van der Waals surface area contributed by atoms with Crippen LogP contribution in [0, 0.1) is 18.3 Å². The molecule has 0 saturated carbocycles. The van der Waals surface area contributed by atoms with E-state index in [9.17, 15) is 15.5 Å². The van der Waals surface area contributed by atoms with Crippen molar-refractivity contribution in [1.29, 1.82) is 5.26 Å². The molecule has 3 rings (SSSR count). The van der Waals surface area contributed by atoms with Gasteiger partial charge in [0.1, 0.15) is 0 Å². The molecule has 4 nitrogen and oxygen atoms in total. The van der Waals surface area contributed by atoms with E-state index in [1.165, 1.54) is 5.56 Å². The van der Waals surface area contributed by atoms with Gasteiger partial charge in [-0.2, -0.15) is 5.26 Å². The highest BCUT2D eigenvalue weighted by Gasteiger charge is 2.29. The number of ether oxygens (including phenoxy) is 1. The topological polar surface area (TPSA) is 73.5 Å². The van der Waals surface area contributed by atoms with Crippen LogP contribution in [0.25, 0.3) is 0 Å². The molecule has 0 aliphatic carbocycles. The van der Waals surface area contributed by atoms with Crippen molar-refractivity contribution in [3.05, 3.63) is 70.3 Å². The monoisotopic (exact) mass is 367 g/mol. The van der Waals surface area contributed by atoms with Crippen molar-refractivity contribution < 1.29 is 14.9 Å². The van der Waals surface area contributed by atoms with Crippen molar-refractivity contribution in [2.24, 2.45) is 0 Å². The van der Waals surface area contributed by atoms with Crippen LogP contribution in [0.4, 0.5) is 0 Å². The third kappa shape index (κ3) is 5.64. The van der Waals surface area contributed by atoms with Crippen molar-refractivity contribution in [2.75, 3.05) is 6.61 Å². The van der Waals surface area contributed by atoms with Gasteiger partial charge in [-0.05, 0) is 36.1 Å². The molecular formula is C23H29NO3. The van der Waals surface area contributed by atoms with Gasteiger partial charge in [0.05, 0.1) is 36.6 Å². The Hall–Kier alpha value is -2.19. The Bertz CT molecular complexity index is 764. The lowest BCUT2D eigenvalue weighted by Crippen LogP contribution is -2.33. The fraction of sp³-hybridized carbons (Fsp3) is 0.435. The van der Waals surface area contributed by atoms with Crippen LogP contribution < -0.4 is 0 Å². The molecule has 4 heteroatoms. The fourth-order valence-corrected chi connectivity index (χ4v) is 3.32.